The number of benzene rings is 1. The zero-order chi connectivity index (χ0) is 12.8. The molecule has 0 bridgehead atoms. The topological polar surface area (TPSA) is 48.7 Å². The molecule has 0 amide bonds. The van der Waals surface area contributed by atoms with Gasteiger partial charge in [-0.25, -0.2) is 0 Å². The van der Waals surface area contributed by atoms with Crippen molar-refractivity contribution in [1.82, 2.24) is 10.3 Å². The molecule has 1 aromatic heterocycles. The molecule has 3 nitrogen and oxygen atoms in total. The van der Waals surface area contributed by atoms with Crippen molar-refractivity contribution in [2.45, 2.75) is 19.5 Å². The number of nitrogens with one attached hydrogen (secondary N) is 1. The summed E-state index contributed by atoms with van der Waals surface area (Å²) in [5.41, 5.74) is 3.19. The number of aryl methyl sites for hydroxylation is 1. The Bertz CT molecular complexity index is 543. The molecule has 3 heteroatoms. The lowest BCUT2D eigenvalue weighted by atomic mass is 10.0. The standard InChI is InChI=1S/C15H15N3/c1-12-7-8-17-11-14(12)15(9-16)18-10-13-5-3-2-4-6-13/h2-8,11,15,18H,10H2,1H3. The van der Waals surface area contributed by atoms with Crippen LogP contribution in [0.25, 0.3) is 0 Å². The second-order valence-electron chi connectivity index (χ2n) is 4.16. The fourth-order valence-electron chi connectivity index (χ4n) is 1.82. The molecule has 0 fully saturated rings. The van der Waals surface area contributed by atoms with Crippen molar-refractivity contribution in [1.29, 1.82) is 5.26 Å². The zero-order valence-electron chi connectivity index (χ0n) is 10.3. The van der Waals surface area contributed by atoms with Crippen LogP contribution in [0.2, 0.25) is 0 Å². The predicted molar refractivity (Wildman–Crippen MR) is 70.6 cm³/mol. The molecule has 1 heterocycles. The first-order valence-corrected chi connectivity index (χ1v) is 5.88. The van der Waals surface area contributed by atoms with Crippen molar-refractivity contribution in [3.8, 4) is 6.07 Å². The summed E-state index contributed by atoms with van der Waals surface area (Å²) in [5, 5.41) is 12.5. The smallest absolute Gasteiger partial charge is 0.123 e. The van der Waals surface area contributed by atoms with Crippen molar-refractivity contribution in [3.63, 3.8) is 0 Å². The maximum Gasteiger partial charge on any atom is 0.123 e. The van der Waals surface area contributed by atoms with Gasteiger partial charge in [-0.3, -0.25) is 10.3 Å². The molecule has 18 heavy (non-hydrogen) atoms. The summed E-state index contributed by atoms with van der Waals surface area (Å²) in [6.07, 6.45) is 3.49. The molecule has 0 spiro atoms. The third kappa shape index (κ3) is 2.93. The van der Waals surface area contributed by atoms with E-state index in [9.17, 15) is 5.26 Å². The summed E-state index contributed by atoms with van der Waals surface area (Å²) in [6.45, 7) is 2.67. The Morgan fingerprint density at radius 3 is 2.72 bits per heavy atom. The van der Waals surface area contributed by atoms with Gasteiger partial charge in [0.1, 0.15) is 6.04 Å². The molecule has 90 valence electrons. The summed E-state index contributed by atoms with van der Waals surface area (Å²) in [5.74, 6) is 0. The lowest BCUT2D eigenvalue weighted by Crippen LogP contribution is -2.20. The summed E-state index contributed by atoms with van der Waals surface area (Å²) < 4.78 is 0. The van der Waals surface area contributed by atoms with E-state index in [1.165, 1.54) is 5.56 Å². The number of aromatic nitrogens is 1. The highest BCUT2D eigenvalue weighted by Gasteiger charge is 2.12. The Hall–Kier alpha value is -2.18. The highest BCUT2D eigenvalue weighted by atomic mass is 14.9. The minimum atomic E-state index is -0.320. The molecule has 0 aliphatic heterocycles. The van der Waals surface area contributed by atoms with Gasteiger partial charge in [-0.2, -0.15) is 5.26 Å². The molecule has 1 N–H and O–H groups in total. The van der Waals surface area contributed by atoms with Crippen molar-refractivity contribution < 1.29 is 0 Å². The van der Waals surface area contributed by atoms with Crippen LogP contribution in [0.3, 0.4) is 0 Å². The summed E-state index contributed by atoms with van der Waals surface area (Å²) in [4.78, 5) is 4.08. The molecule has 1 unspecified atom stereocenters. The average molecular weight is 237 g/mol. The van der Waals surface area contributed by atoms with Gasteiger partial charge in [0, 0.05) is 24.5 Å². The van der Waals surface area contributed by atoms with Gasteiger partial charge in [0.2, 0.25) is 0 Å². The SMILES string of the molecule is Cc1ccncc1C(C#N)NCc1ccccc1. The van der Waals surface area contributed by atoms with Crippen molar-refractivity contribution in [2.24, 2.45) is 0 Å². The lowest BCUT2D eigenvalue weighted by molar-refractivity contribution is 0.626. The number of nitriles is 1. The molecule has 0 saturated heterocycles. The van der Waals surface area contributed by atoms with E-state index in [2.05, 4.69) is 16.4 Å². The first-order valence-electron chi connectivity index (χ1n) is 5.88. The van der Waals surface area contributed by atoms with Crippen LogP contribution in [0.5, 0.6) is 0 Å². The van der Waals surface area contributed by atoms with Crippen molar-refractivity contribution in [3.05, 3.63) is 65.5 Å². The van der Waals surface area contributed by atoms with Crippen LogP contribution in [-0.2, 0) is 6.54 Å². The van der Waals surface area contributed by atoms with Crippen molar-refractivity contribution in [2.75, 3.05) is 0 Å². The monoisotopic (exact) mass is 237 g/mol. The van der Waals surface area contributed by atoms with Gasteiger partial charge in [0.25, 0.3) is 0 Å². The number of rotatable bonds is 4. The normalized spacial score (nSPS) is 11.8. The molecule has 0 radical (unpaired) electrons. The van der Waals surface area contributed by atoms with Crippen LogP contribution in [-0.4, -0.2) is 4.98 Å². The Morgan fingerprint density at radius 1 is 1.28 bits per heavy atom. The van der Waals surface area contributed by atoms with Gasteiger partial charge in [0.05, 0.1) is 6.07 Å². The molecule has 1 aromatic carbocycles. The molecule has 2 aromatic rings. The highest BCUT2D eigenvalue weighted by molar-refractivity contribution is 5.29. The lowest BCUT2D eigenvalue weighted by Gasteiger charge is -2.13. The quantitative estimate of drug-likeness (QED) is 0.889. The number of pyridine rings is 1. The molecule has 1 atom stereocenters. The van der Waals surface area contributed by atoms with E-state index in [1.807, 2.05) is 43.3 Å². The third-order valence-electron chi connectivity index (χ3n) is 2.87. The van der Waals surface area contributed by atoms with Gasteiger partial charge in [-0.05, 0) is 24.1 Å². The number of hydrogen-bond donors (Lipinski definition) is 1. The maximum absolute atomic E-state index is 9.24. The first kappa shape index (κ1) is 12.3. The maximum atomic E-state index is 9.24. The fourth-order valence-corrected chi connectivity index (χ4v) is 1.82. The van der Waals surface area contributed by atoms with Crippen LogP contribution < -0.4 is 5.32 Å². The van der Waals surface area contributed by atoms with E-state index in [-0.39, 0.29) is 6.04 Å². The second kappa shape index (κ2) is 5.95. The minimum Gasteiger partial charge on any atom is -0.294 e. The van der Waals surface area contributed by atoms with E-state index >= 15 is 0 Å². The summed E-state index contributed by atoms with van der Waals surface area (Å²) in [7, 11) is 0. The predicted octanol–water partition coefficient (Wildman–Crippen LogP) is 2.74. The summed E-state index contributed by atoms with van der Waals surface area (Å²) >= 11 is 0. The van der Waals surface area contributed by atoms with E-state index in [1.54, 1.807) is 12.4 Å². The first-order chi connectivity index (χ1) is 8.81. The second-order valence-corrected chi connectivity index (χ2v) is 4.16. The Kier molecular flexibility index (Phi) is 4.06. The van der Waals surface area contributed by atoms with E-state index in [0.717, 1.165) is 11.1 Å². The van der Waals surface area contributed by atoms with Crippen LogP contribution in [0.4, 0.5) is 0 Å². The number of nitrogens with zero attached hydrogens (tertiary/aromatic N) is 2. The number of hydrogen-bond acceptors (Lipinski definition) is 3. The van der Waals surface area contributed by atoms with Gasteiger partial charge < -0.3 is 0 Å². The van der Waals surface area contributed by atoms with Gasteiger partial charge in [0.15, 0.2) is 0 Å². The zero-order valence-corrected chi connectivity index (χ0v) is 10.3. The summed E-state index contributed by atoms with van der Waals surface area (Å²) in [6, 6.07) is 13.9. The Labute approximate surface area is 107 Å². The van der Waals surface area contributed by atoms with Crippen molar-refractivity contribution >= 4 is 0 Å². The largest absolute Gasteiger partial charge is 0.294 e. The highest BCUT2D eigenvalue weighted by Crippen LogP contribution is 2.15. The third-order valence-corrected chi connectivity index (χ3v) is 2.87. The van der Waals surface area contributed by atoms with Crippen LogP contribution in [0.15, 0.2) is 48.8 Å². The molecule has 2 rings (SSSR count). The fraction of sp³-hybridized carbons (Fsp3) is 0.200. The Morgan fingerprint density at radius 2 is 2.06 bits per heavy atom. The molecular formula is C15H15N3. The minimum absolute atomic E-state index is 0.320. The van der Waals surface area contributed by atoms with Gasteiger partial charge >= 0.3 is 0 Å². The van der Waals surface area contributed by atoms with Crippen LogP contribution in [0, 0.1) is 18.3 Å². The van der Waals surface area contributed by atoms with Gasteiger partial charge in [-0.15, -0.1) is 0 Å². The average Bonchev–Trinajstić information content (AvgIpc) is 2.42. The van der Waals surface area contributed by atoms with E-state index < -0.39 is 0 Å². The van der Waals surface area contributed by atoms with E-state index in [4.69, 9.17) is 0 Å². The van der Waals surface area contributed by atoms with Gasteiger partial charge in [-0.1, -0.05) is 30.3 Å². The molecule has 0 saturated carbocycles. The van der Waals surface area contributed by atoms with Crippen LogP contribution in [0.1, 0.15) is 22.7 Å². The molecule has 0 aliphatic carbocycles. The van der Waals surface area contributed by atoms with Crippen LogP contribution >= 0.6 is 0 Å². The molecule has 0 aliphatic rings. The van der Waals surface area contributed by atoms with E-state index in [0.29, 0.717) is 6.54 Å². The molecular weight excluding hydrogens is 222 g/mol. The Balaban J connectivity index is 2.08.